The molecular formula is C16H15BrClFO2. The van der Waals surface area contributed by atoms with Crippen LogP contribution in [0.4, 0.5) is 4.39 Å². The van der Waals surface area contributed by atoms with E-state index < -0.39 is 0 Å². The second kappa shape index (κ2) is 7.14. The Hall–Kier alpha value is -1.26. The van der Waals surface area contributed by atoms with Gasteiger partial charge in [0.05, 0.1) is 11.6 Å². The van der Waals surface area contributed by atoms with E-state index in [0.29, 0.717) is 24.0 Å². The zero-order valence-electron chi connectivity index (χ0n) is 11.8. The van der Waals surface area contributed by atoms with Crippen molar-refractivity contribution in [2.75, 3.05) is 7.11 Å². The van der Waals surface area contributed by atoms with Crippen molar-refractivity contribution in [1.29, 1.82) is 0 Å². The molecule has 0 aliphatic rings. The first-order chi connectivity index (χ1) is 10.0. The minimum Gasteiger partial charge on any atom is -0.493 e. The largest absolute Gasteiger partial charge is 0.493 e. The third-order valence-electron chi connectivity index (χ3n) is 3.12. The summed E-state index contributed by atoms with van der Waals surface area (Å²) in [6.07, 6.45) is 0. The van der Waals surface area contributed by atoms with E-state index in [-0.39, 0.29) is 5.82 Å². The lowest BCUT2D eigenvalue weighted by molar-refractivity contribution is 0.281. The molecule has 2 aromatic rings. The molecule has 0 fully saturated rings. The number of ether oxygens (including phenoxy) is 2. The average molecular weight is 374 g/mol. The van der Waals surface area contributed by atoms with Crippen LogP contribution in [0.2, 0.25) is 0 Å². The molecule has 0 bridgehead atoms. The number of methoxy groups -OCH3 is 1. The van der Waals surface area contributed by atoms with Gasteiger partial charge in [-0.2, -0.15) is 0 Å². The van der Waals surface area contributed by atoms with Crippen LogP contribution in [0.1, 0.15) is 16.7 Å². The molecule has 0 unspecified atom stereocenters. The Labute approximate surface area is 137 Å². The Morgan fingerprint density at radius 1 is 1.24 bits per heavy atom. The number of halogens is 3. The van der Waals surface area contributed by atoms with Crippen LogP contribution in [0, 0.1) is 12.7 Å². The minimum absolute atomic E-state index is 0.249. The molecule has 112 valence electrons. The summed E-state index contributed by atoms with van der Waals surface area (Å²) in [5, 5.41) is 0. The monoisotopic (exact) mass is 372 g/mol. The van der Waals surface area contributed by atoms with Crippen LogP contribution in [0.15, 0.2) is 34.8 Å². The van der Waals surface area contributed by atoms with E-state index in [2.05, 4.69) is 15.9 Å². The number of hydrogen-bond acceptors (Lipinski definition) is 2. The number of aryl methyl sites for hydroxylation is 1. The lowest BCUT2D eigenvalue weighted by atomic mass is 10.1. The van der Waals surface area contributed by atoms with Crippen molar-refractivity contribution in [2.24, 2.45) is 0 Å². The van der Waals surface area contributed by atoms with E-state index in [4.69, 9.17) is 21.1 Å². The fourth-order valence-corrected chi connectivity index (χ4v) is 2.72. The number of alkyl halides is 1. The summed E-state index contributed by atoms with van der Waals surface area (Å²) in [5.74, 6) is 1.36. The minimum atomic E-state index is -0.249. The third-order valence-corrected chi connectivity index (χ3v) is 4.02. The van der Waals surface area contributed by atoms with E-state index in [9.17, 15) is 4.39 Å². The van der Waals surface area contributed by atoms with Gasteiger partial charge in [0.2, 0.25) is 0 Å². The van der Waals surface area contributed by atoms with E-state index in [1.165, 1.54) is 12.1 Å². The number of benzene rings is 2. The topological polar surface area (TPSA) is 18.5 Å². The Balaban J connectivity index is 2.23. The van der Waals surface area contributed by atoms with E-state index in [1.54, 1.807) is 13.2 Å². The average Bonchev–Trinajstić information content (AvgIpc) is 2.46. The maximum Gasteiger partial charge on any atom is 0.175 e. The highest BCUT2D eigenvalue weighted by Gasteiger charge is 2.12. The highest BCUT2D eigenvalue weighted by Crippen LogP contribution is 2.37. The van der Waals surface area contributed by atoms with Gasteiger partial charge in [-0.1, -0.05) is 6.07 Å². The molecule has 2 nitrogen and oxygen atoms in total. The lowest BCUT2D eigenvalue weighted by Gasteiger charge is -2.15. The Bertz CT molecular complexity index is 646. The number of rotatable bonds is 5. The van der Waals surface area contributed by atoms with Gasteiger partial charge in [0.15, 0.2) is 11.5 Å². The summed E-state index contributed by atoms with van der Waals surface area (Å²) in [6.45, 7) is 2.19. The third kappa shape index (κ3) is 3.89. The number of hydrogen-bond donors (Lipinski definition) is 0. The molecule has 0 aliphatic carbocycles. The molecule has 2 rings (SSSR count). The van der Waals surface area contributed by atoms with Crippen LogP contribution in [-0.2, 0) is 12.5 Å². The van der Waals surface area contributed by atoms with Gasteiger partial charge in [-0.3, -0.25) is 0 Å². The molecule has 0 saturated heterocycles. The van der Waals surface area contributed by atoms with Crippen molar-refractivity contribution >= 4 is 27.5 Å². The molecule has 0 radical (unpaired) electrons. The van der Waals surface area contributed by atoms with Crippen molar-refractivity contribution < 1.29 is 13.9 Å². The van der Waals surface area contributed by atoms with Gasteiger partial charge in [-0.25, -0.2) is 4.39 Å². The molecule has 21 heavy (non-hydrogen) atoms. The zero-order chi connectivity index (χ0) is 15.4. The highest BCUT2D eigenvalue weighted by molar-refractivity contribution is 9.10. The second-order valence-electron chi connectivity index (χ2n) is 4.60. The molecule has 5 heteroatoms. The molecule has 0 atom stereocenters. The Morgan fingerprint density at radius 2 is 2.00 bits per heavy atom. The van der Waals surface area contributed by atoms with Crippen molar-refractivity contribution in [3.63, 3.8) is 0 Å². The van der Waals surface area contributed by atoms with E-state index in [0.717, 1.165) is 21.2 Å². The second-order valence-corrected chi connectivity index (χ2v) is 5.72. The summed E-state index contributed by atoms with van der Waals surface area (Å²) in [7, 11) is 1.58. The van der Waals surface area contributed by atoms with Crippen molar-refractivity contribution in [2.45, 2.75) is 19.4 Å². The van der Waals surface area contributed by atoms with Gasteiger partial charge in [0.25, 0.3) is 0 Å². The normalized spacial score (nSPS) is 10.5. The summed E-state index contributed by atoms with van der Waals surface area (Å²) in [5.41, 5.74) is 2.71. The van der Waals surface area contributed by atoms with Crippen LogP contribution >= 0.6 is 27.5 Å². The van der Waals surface area contributed by atoms with Gasteiger partial charge >= 0.3 is 0 Å². The predicted octanol–water partition coefficient (Wildman–Crippen LogP) is 5.22. The Morgan fingerprint density at radius 3 is 2.62 bits per heavy atom. The van der Waals surface area contributed by atoms with Gasteiger partial charge in [-0.05, 0) is 63.8 Å². The van der Waals surface area contributed by atoms with Crippen LogP contribution in [0.25, 0.3) is 0 Å². The van der Waals surface area contributed by atoms with Crippen LogP contribution < -0.4 is 9.47 Å². The predicted molar refractivity (Wildman–Crippen MR) is 85.7 cm³/mol. The molecule has 0 aromatic heterocycles. The van der Waals surface area contributed by atoms with Gasteiger partial charge in [-0.15, -0.1) is 11.6 Å². The van der Waals surface area contributed by atoms with Gasteiger partial charge in [0.1, 0.15) is 12.4 Å². The summed E-state index contributed by atoms with van der Waals surface area (Å²) in [6, 6.07) is 8.36. The molecule has 0 aliphatic heterocycles. The molecule has 0 amide bonds. The molecule has 0 spiro atoms. The summed E-state index contributed by atoms with van der Waals surface area (Å²) < 4.78 is 25.0. The maximum absolute atomic E-state index is 13.1. The standard InChI is InChI=1S/C16H15BrClFO2/c1-10-5-13(19)4-3-12(10)9-21-16-14(17)6-11(8-18)7-15(16)20-2/h3-7H,8-9H2,1-2H3. The highest BCUT2D eigenvalue weighted by atomic mass is 79.9. The van der Waals surface area contributed by atoms with Crippen LogP contribution in [0.5, 0.6) is 11.5 Å². The fraction of sp³-hybridized carbons (Fsp3) is 0.250. The first-order valence-electron chi connectivity index (χ1n) is 6.35. The van der Waals surface area contributed by atoms with Gasteiger partial charge in [0, 0.05) is 5.88 Å². The maximum atomic E-state index is 13.1. The zero-order valence-corrected chi connectivity index (χ0v) is 14.1. The first kappa shape index (κ1) is 16.1. The SMILES string of the molecule is COc1cc(CCl)cc(Br)c1OCc1ccc(F)cc1C. The van der Waals surface area contributed by atoms with E-state index in [1.807, 2.05) is 19.1 Å². The van der Waals surface area contributed by atoms with Crippen molar-refractivity contribution in [3.05, 3.63) is 57.3 Å². The quantitative estimate of drug-likeness (QED) is 0.669. The fourth-order valence-electron chi connectivity index (χ4n) is 1.96. The van der Waals surface area contributed by atoms with Crippen LogP contribution in [0.3, 0.4) is 0 Å². The van der Waals surface area contributed by atoms with Crippen LogP contribution in [-0.4, -0.2) is 7.11 Å². The van der Waals surface area contributed by atoms with Crippen molar-refractivity contribution in [1.82, 2.24) is 0 Å². The molecule has 0 saturated carbocycles. The first-order valence-corrected chi connectivity index (χ1v) is 7.68. The molecule has 0 heterocycles. The summed E-state index contributed by atoms with van der Waals surface area (Å²) >= 11 is 9.30. The van der Waals surface area contributed by atoms with Gasteiger partial charge < -0.3 is 9.47 Å². The molecular weight excluding hydrogens is 359 g/mol. The lowest BCUT2D eigenvalue weighted by Crippen LogP contribution is -2.01. The smallest absolute Gasteiger partial charge is 0.175 e. The molecule has 2 aromatic carbocycles. The van der Waals surface area contributed by atoms with E-state index >= 15 is 0 Å². The Kier molecular flexibility index (Phi) is 5.48. The molecule has 0 N–H and O–H groups in total. The summed E-state index contributed by atoms with van der Waals surface area (Å²) in [4.78, 5) is 0. The van der Waals surface area contributed by atoms with Crippen molar-refractivity contribution in [3.8, 4) is 11.5 Å².